The van der Waals surface area contributed by atoms with Crippen LogP contribution >= 0.6 is 0 Å². The Hall–Kier alpha value is -1.94. The number of hydrogen-bond acceptors (Lipinski definition) is 3. The second-order valence-electron chi connectivity index (χ2n) is 1.77. The van der Waals surface area contributed by atoms with E-state index in [-0.39, 0.29) is 6.42 Å². The third-order valence-corrected chi connectivity index (χ3v) is 0.913. The second-order valence-corrected chi connectivity index (χ2v) is 1.77. The first-order chi connectivity index (χ1) is 5.61. The molecule has 1 unspecified atom stereocenters. The first kappa shape index (κ1) is 10.1. The summed E-state index contributed by atoms with van der Waals surface area (Å²) in [6.45, 7) is 0. The van der Waals surface area contributed by atoms with E-state index in [0.717, 1.165) is 0 Å². The van der Waals surface area contributed by atoms with Crippen molar-refractivity contribution >= 4 is 11.9 Å². The molecular weight excluding hydrogens is 160 g/mol. The Morgan fingerprint density at radius 1 is 1.50 bits per heavy atom. The van der Waals surface area contributed by atoms with E-state index in [1.54, 1.807) is 0 Å². The van der Waals surface area contributed by atoms with Crippen molar-refractivity contribution in [3.05, 3.63) is 0 Å². The number of terminal acetylenes is 2. The van der Waals surface area contributed by atoms with Gasteiger partial charge in [-0.3, -0.25) is 0 Å². The molecule has 0 amide bonds. The second kappa shape index (κ2) is 4.81. The van der Waals surface area contributed by atoms with Gasteiger partial charge in [0.15, 0.2) is 6.10 Å². The number of carboxylic acids is 1. The lowest BCUT2D eigenvalue weighted by molar-refractivity contribution is -0.165. The lowest BCUT2D eigenvalue weighted by Crippen LogP contribution is -2.22. The van der Waals surface area contributed by atoms with Crippen molar-refractivity contribution < 1.29 is 19.4 Å². The molecule has 4 nitrogen and oxygen atoms in total. The molecule has 0 saturated heterocycles. The van der Waals surface area contributed by atoms with Crippen molar-refractivity contribution in [1.82, 2.24) is 0 Å². The van der Waals surface area contributed by atoms with Gasteiger partial charge in [0.25, 0.3) is 0 Å². The van der Waals surface area contributed by atoms with E-state index >= 15 is 0 Å². The van der Waals surface area contributed by atoms with Gasteiger partial charge in [-0.15, -0.1) is 18.8 Å². The third-order valence-electron chi connectivity index (χ3n) is 0.913. The van der Waals surface area contributed by atoms with Gasteiger partial charge in [0.1, 0.15) is 0 Å². The Morgan fingerprint density at radius 3 is 2.42 bits per heavy atom. The maximum Gasteiger partial charge on any atom is 0.418 e. The van der Waals surface area contributed by atoms with Crippen molar-refractivity contribution in [2.45, 2.75) is 12.5 Å². The van der Waals surface area contributed by atoms with Gasteiger partial charge in [-0.2, -0.15) is 0 Å². The van der Waals surface area contributed by atoms with Crippen LogP contribution in [0.2, 0.25) is 0 Å². The summed E-state index contributed by atoms with van der Waals surface area (Å²) in [6.07, 6.45) is 8.81. The predicted molar refractivity (Wildman–Crippen MR) is 39.8 cm³/mol. The summed E-state index contributed by atoms with van der Waals surface area (Å²) < 4.78 is 4.28. The first-order valence-corrected chi connectivity index (χ1v) is 2.95. The van der Waals surface area contributed by atoms with E-state index in [4.69, 9.17) is 18.0 Å². The van der Waals surface area contributed by atoms with Crippen molar-refractivity contribution in [2.75, 3.05) is 0 Å². The molecule has 0 aliphatic carbocycles. The minimum atomic E-state index is -1.69. The molecule has 0 saturated carbocycles. The molecule has 0 aliphatic rings. The van der Waals surface area contributed by atoms with E-state index in [1.807, 2.05) is 5.92 Å². The van der Waals surface area contributed by atoms with Gasteiger partial charge in [-0.25, -0.2) is 9.59 Å². The zero-order valence-corrected chi connectivity index (χ0v) is 6.11. The third kappa shape index (κ3) is 3.28. The predicted octanol–water partition coefficient (Wildman–Crippen LogP) is -0.361. The highest BCUT2D eigenvalue weighted by Gasteiger charge is 2.17. The number of rotatable bonds is 2. The Morgan fingerprint density at radius 2 is 2.08 bits per heavy atom. The van der Waals surface area contributed by atoms with Gasteiger partial charge in [-0.1, -0.05) is 5.92 Å². The first-order valence-electron chi connectivity index (χ1n) is 2.95. The largest absolute Gasteiger partial charge is 0.473 e. The molecule has 0 heterocycles. The molecule has 0 aromatic heterocycles. The summed E-state index contributed by atoms with van der Waals surface area (Å²) in [6, 6.07) is 0. The van der Waals surface area contributed by atoms with Gasteiger partial charge in [-0.05, 0) is 0 Å². The Labute approximate surface area is 69.5 Å². The monoisotopic (exact) mass is 166 g/mol. The van der Waals surface area contributed by atoms with Crippen molar-refractivity contribution in [3.8, 4) is 24.7 Å². The Kier molecular flexibility index (Phi) is 4.03. The van der Waals surface area contributed by atoms with Crippen molar-refractivity contribution in [3.63, 3.8) is 0 Å². The van der Waals surface area contributed by atoms with E-state index < -0.39 is 18.0 Å². The number of hydrogen-bond donors (Lipinski definition) is 1. The van der Waals surface area contributed by atoms with Crippen LogP contribution in [0.15, 0.2) is 0 Å². The number of aliphatic carboxylic acids is 1. The summed E-state index contributed by atoms with van der Waals surface area (Å²) in [5.41, 5.74) is 0. The quantitative estimate of drug-likeness (QED) is 0.345. The minimum absolute atomic E-state index is 0.00944. The van der Waals surface area contributed by atoms with Crippen LogP contribution in [-0.4, -0.2) is 23.1 Å². The number of ether oxygens (including phenoxy) is 1. The topological polar surface area (TPSA) is 63.6 Å². The molecule has 4 heteroatoms. The fourth-order valence-electron chi connectivity index (χ4n) is 0.421. The van der Waals surface area contributed by atoms with Gasteiger partial charge < -0.3 is 9.84 Å². The molecule has 0 rings (SSSR count). The molecule has 0 aromatic rings. The summed E-state index contributed by atoms with van der Waals surface area (Å²) in [5, 5.41) is 8.10. The van der Waals surface area contributed by atoms with Crippen LogP contribution in [0, 0.1) is 24.7 Å². The average molecular weight is 166 g/mol. The van der Waals surface area contributed by atoms with Gasteiger partial charge in [0, 0.05) is 0 Å². The normalized spacial score (nSPS) is 10.5. The van der Waals surface area contributed by atoms with Gasteiger partial charge >= 0.3 is 11.9 Å². The summed E-state index contributed by atoms with van der Waals surface area (Å²) >= 11 is 0. The minimum Gasteiger partial charge on any atom is -0.473 e. The number of carboxylic acid groups (broad SMARTS) is 1. The van der Waals surface area contributed by atoms with Crippen LogP contribution in [0.1, 0.15) is 6.42 Å². The number of carbonyl (C=O) groups is 2. The standard InChI is InChI=1S/C8H6O4/c1-3-5-6(4-2)12-8(11)7(9)10/h1-2,6H,5H2,(H,9,10). The fraction of sp³-hybridized carbons (Fsp3) is 0.250. The Bertz CT molecular complexity index is 266. The maximum absolute atomic E-state index is 10.4. The van der Waals surface area contributed by atoms with Crippen LogP contribution in [0.4, 0.5) is 0 Å². The molecule has 0 aromatic carbocycles. The van der Waals surface area contributed by atoms with Crippen molar-refractivity contribution in [2.24, 2.45) is 0 Å². The van der Waals surface area contributed by atoms with E-state index in [2.05, 4.69) is 10.7 Å². The summed E-state index contributed by atoms with van der Waals surface area (Å²) in [4.78, 5) is 20.4. The molecule has 0 radical (unpaired) electrons. The molecule has 0 fully saturated rings. The molecule has 1 atom stereocenters. The number of esters is 1. The van der Waals surface area contributed by atoms with Crippen LogP contribution in [0.3, 0.4) is 0 Å². The summed E-state index contributed by atoms with van der Waals surface area (Å²) in [5.74, 6) is 1.11. The van der Waals surface area contributed by atoms with Crippen LogP contribution in [-0.2, 0) is 14.3 Å². The van der Waals surface area contributed by atoms with Crippen molar-refractivity contribution in [1.29, 1.82) is 0 Å². The molecule has 0 aliphatic heterocycles. The Balaban J connectivity index is 4.07. The summed E-state index contributed by atoms with van der Waals surface area (Å²) in [7, 11) is 0. The maximum atomic E-state index is 10.4. The number of carbonyl (C=O) groups excluding carboxylic acids is 1. The van der Waals surface area contributed by atoms with E-state index in [0.29, 0.717) is 0 Å². The smallest absolute Gasteiger partial charge is 0.418 e. The van der Waals surface area contributed by atoms with Gasteiger partial charge in [0.2, 0.25) is 0 Å². The zero-order valence-electron chi connectivity index (χ0n) is 6.11. The SMILES string of the molecule is C#CCC(C#C)OC(=O)C(=O)O. The average Bonchev–Trinajstić information content (AvgIpc) is 2.03. The molecule has 0 bridgehead atoms. The van der Waals surface area contributed by atoms with Gasteiger partial charge in [0.05, 0.1) is 6.42 Å². The van der Waals surface area contributed by atoms with E-state index in [9.17, 15) is 9.59 Å². The van der Waals surface area contributed by atoms with Crippen LogP contribution < -0.4 is 0 Å². The van der Waals surface area contributed by atoms with Crippen LogP contribution in [0.25, 0.3) is 0 Å². The molecule has 12 heavy (non-hydrogen) atoms. The highest BCUT2D eigenvalue weighted by molar-refractivity contribution is 6.28. The highest BCUT2D eigenvalue weighted by Crippen LogP contribution is 1.95. The molecule has 0 spiro atoms. The molecule has 1 N–H and O–H groups in total. The molecular formula is C8H6O4. The van der Waals surface area contributed by atoms with E-state index in [1.165, 1.54) is 0 Å². The fourth-order valence-corrected chi connectivity index (χ4v) is 0.421. The highest BCUT2D eigenvalue weighted by atomic mass is 16.6. The lowest BCUT2D eigenvalue weighted by atomic mass is 10.3. The lowest BCUT2D eigenvalue weighted by Gasteiger charge is -2.05. The molecule has 62 valence electrons. The van der Waals surface area contributed by atoms with Crippen LogP contribution in [0.5, 0.6) is 0 Å². The zero-order chi connectivity index (χ0) is 9.56.